The molecule has 0 aliphatic carbocycles. The molecule has 1 aromatic heterocycles. The number of methoxy groups -OCH3 is 2. The lowest BCUT2D eigenvalue weighted by Gasteiger charge is -2.18. The van der Waals surface area contributed by atoms with Gasteiger partial charge in [0, 0.05) is 13.7 Å². The molecule has 104 valence electrons. The molecule has 1 rings (SSSR count). The molecular weight excluding hydrogens is 236 g/mol. The van der Waals surface area contributed by atoms with Gasteiger partial charge >= 0.3 is 0 Å². The average molecular weight is 258 g/mol. The van der Waals surface area contributed by atoms with Crippen LogP contribution in [0.15, 0.2) is 6.20 Å². The molecule has 1 atom stereocenters. The zero-order valence-corrected chi connectivity index (χ0v) is 11.2. The van der Waals surface area contributed by atoms with Gasteiger partial charge in [-0.25, -0.2) is 5.43 Å². The predicted molar refractivity (Wildman–Crippen MR) is 67.2 cm³/mol. The molecule has 0 aliphatic heterocycles. The van der Waals surface area contributed by atoms with Gasteiger partial charge in [0.05, 0.1) is 39.2 Å². The molecule has 7 heteroatoms. The molecule has 1 unspecified atom stereocenters. The highest BCUT2D eigenvalue weighted by Gasteiger charge is 2.20. The largest absolute Gasteiger partial charge is 0.493 e. The molecule has 0 fully saturated rings. The van der Waals surface area contributed by atoms with Crippen LogP contribution in [-0.4, -0.2) is 43.8 Å². The molecule has 0 saturated carbocycles. The first kappa shape index (κ1) is 14.9. The van der Waals surface area contributed by atoms with Crippen molar-refractivity contribution in [2.24, 2.45) is 5.84 Å². The van der Waals surface area contributed by atoms with Gasteiger partial charge in [-0.3, -0.25) is 10.5 Å². The predicted octanol–water partition coefficient (Wildman–Crippen LogP) is 0.0790. The summed E-state index contributed by atoms with van der Waals surface area (Å²) in [6.07, 6.45) is 1.68. The molecule has 1 heterocycles. The van der Waals surface area contributed by atoms with Crippen LogP contribution in [0.2, 0.25) is 0 Å². The summed E-state index contributed by atoms with van der Waals surface area (Å²) in [5, 5.41) is 4.23. The number of hydrazine groups is 1. The Labute approximate surface area is 107 Å². The summed E-state index contributed by atoms with van der Waals surface area (Å²) >= 11 is 0. The minimum Gasteiger partial charge on any atom is -0.493 e. The summed E-state index contributed by atoms with van der Waals surface area (Å²) in [5.74, 6) is 6.27. The van der Waals surface area contributed by atoms with Crippen LogP contribution in [0.3, 0.4) is 0 Å². The molecule has 0 radical (unpaired) electrons. The van der Waals surface area contributed by atoms with Crippen molar-refractivity contribution in [2.45, 2.75) is 19.5 Å². The maximum atomic E-state index is 5.57. The molecule has 0 bridgehead atoms. The van der Waals surface area contributed by atoms with Crippen molar-refractivity contribution < 1.29 is 14.2 Å². The normalized spacial score (nSPS) is 12.7. The first-order valence-electron chi connectivity index (χ1n) is 5.90. The van der Waals surface area contributed by atoms with Gasteiger partial charge < -0.3 is 14.2 Å². The highest BCUT2D eigenvalue weighted by atomic mass is 16.5. The molecule has 0 aromatic carbocycles. The number of rotatable bonds is 9. The van der Waals surface area contributed by atoms with Crippen molar-refractivity contribution >= 4 is 0 Å². The van der Waals surface area contributed by atoms with Crippen LogP contribution in [0.1, 0.15) is 18.7 Å². The SMILES string of the molecule is CCn1ncc(OC)c1C(COCCOC)NN. The van der Waals surface area contributed by atoms with Gasteiger partial charge in [0.25, 0.3) is 0 Å². The molecule has 1 aromatic rings. The zero-order chi connectivity index (χ0) is 13.4. The fourth-order valence-corrected chi connectivity index (χ4v) is 1.69. The quantitative estimate of drug-likeness (QED) is 0.371. The maximum Gasteiger partial charge on any atom is 0.161 e. The summed E-state index contributed by atoms with van der Waals surface area (Å²) in [4.78, 5) is 0. The number of nitrogens with one attached hydrogen (secondary N) is 1. The van der Waals surface area contributed by atoms with E-state index in [0.717, 1.165) is 12.2 Å². The number of nitrogens with zero attached hydrogens (tertiary/aromatic N) is 2. The van der Waals surface area contributed by atoms with E-state index in [1.165, 1.54) is 0 Å². The van der Waals surface area contributed by atoms with E-state index in [2.05, 4.69) is 10.5 Å². The highest BCUT2D eigenvalue weighted by Crippen LogP contribution is 2.24. The van der Waals surface area contributed by atoms with E-state index in [1.807, 2.05) is 11.6 Å². The van der Waals surface area contributed by atoms with E-state index >= 15 is 0 Å². The lowest BCUT2D eigenvalue weighted by Crippen LogP contribution is -2.33. The fraction of sp³-hybridized carbons (Fsp3) is 0.727. The molecule has 3 N–H and O–H groups in total. The van der Waals surface area contributed by atoms with Crippen molar-refractivity contribution in [3.8, 4) is 5.75 Å². The van der Waals surface area contributed by atoms with Gasteiger partial charge in [-0.15, -0.1) is 0 Å². The van der Waals surface area contributed by atoms with Crippen LogP contribution >= 0.6 is 0 Å². The van der Waals surface area contributed by atoms with Crippen LogP contribution in [0, 0.1) is 0 Å². The summed E-state index contributed by atoms with van der Waals surface area (Å²) < 4.78 is 17.5. The van der Waals surface area contributed by atoms with Crippen molar-refractivity contribution in [3.63, 3.8) is 0 Å². The molecule has 0 aliphatic rings. The topological polar surface area (TPSA) is 83.6 Å². The van der Waals surface area contributed by atoms with Crippen LogP contribution in [0.4, 0.5) is 0 Å². The van der Waals surface area contributed by atoms with Gasteiger partial charge in [-0.1, -0.05) is 0 Å². The Hall–Kier alpha value is -1.15. The second-order valence-corrected chi connectivity index (χ2v) is 3.70. The standard InChI is InChI=1S/C11H22N4O3/c1-4-15-11(10(17-3)7-13-15)9(14-12)8-18-6-5-16-2/h7,9,14H,4-6,8,12H2,1-3H3. The number of nitrogens with two attached hydrogens (primary N) is 1. The number of aryl methyl sites for hydroxylation is 1. The fourth-order valence-electron chi connectivity index (χ4n) is 1.69. The number of hydrogen-bond acceptors (Lipinski definition) is 6. The summed E-state index contributed by atoms with van der Waals surface area (Å²) in [5.41, 5.74) is 3.61. The number of hydrogen-bond donors (Lipinski definition) is 2. The first-order chi connectivity index (χ1) is 8.78. The Kier molecular flexibility index (Phi) is 6.66. The average Bonchev–Trinajstić information content (AvgIpc) is 2.82. The Bertz CT molecular complexity index is 322. The first-order valence-corrected chi connectivity index (χ1v) is 5.90. The lowest BCUT2D eigenvalue weighted by atomic mass is 10.2. The Morgan fingerprint density at radius 1 is 1.44 bits per heavy atom. The van der Waals surface area contributed by atoms with E-state index in [1.54, 1.807) is 20.4 Å². The highest BCUT2D eigenvalue weighted by molar-refractivity contribution is 5.28. The van der Waals surface area contributed by atoms with Crippen molar-refractivity contribution in [3.05, 3.63) is 11.9 Å². The third-order valence-corrected chi connectivity index (χ3v) is 2.61. The minimum atomic E-state index is -0.167. The Morgan fingerprint density at radius 3 is 2.78 bits per heavy atom. The summed E-state index contributed by atoms with van der Waals surface area (Å²) in [6.45, 7) is 4.27. The Morgan fingerprint density at radius 2 is 2.22 bits per heavy atom. The van der Waals surface area contributed by atoms with Gasteiger partial charge in [-0.2, -0.15) is 5.10 Å². The molecule has 7 nitrogen and oxygen atoms in total. The number of aromatic nitrogens is 2. The van der Waals surface area contributed by atoms with E-state index in [-0.39, 0.29) is 6.04 Å². The molecular formula is C11H22N4O3. The van der Waals surface area contributed by atoms with Crippen molar-refractivity contribution in [2.75, 3.05) is 34.0 Å². The van der Waals surface area contributed by atoms with E-state index < -0.39 is 0 Å². The number of ether oxygens (including phenoxy) is 3. The van der Waals surface area contributed by atoms with Crippen LogP contribution in [0.25, 0.3) is 0 Å². The third kappa shape index (κ3) is 3.67. The van der Waals surface area contributed by atoms with Gasteiger partial charge in [-0.05, 0) is 6.92 Å². The smallest absolute Gasteiger partial charge is 0.161 e. The molecule has 18 heavy (non-hydrogen) atoms. The summed E-state index contributed by atoms with van der Waals surface area (Å²) in [6, 6.07) is -0.167. The molecule has 0 amide bonds. The third-order valence-electron chi connectivity index (χ3n) is 2.61. The zero-order valence-electron chi connectivity index (χ0n) is 11.2. The summed E-state index contributed by atoms with van der Waals surface area (Å²) in [7, 11) is 3.25. The van der Waals surface area contributed by atoms with Crippen LogP contribution < -0.4 is 16.0 Å². The lowest BCUT2D eigenvalue weighted by molar-refractivity contribution is 0.0570. The van der Waals surface area contributed by atoms with Crippen LogP contribution in [-0.2, 0) is 16.0 Å². The van der Waals surface area contributed by atoms with E-state index in [0.29, 0.717) is 25.6 Å². The maximum absolute atomic E-state index is 5.57. The van der Waals surface area contributed by atoms with E-state index in [9.17, 15) is 0 Å². The van der Waals surface area contributed by atoms with Gasteiger partial charge in [0.1, 0.15) is 5.69 Å². The molecule has 0 spiro atoms. The monoisotopic (exact) mass is 258 g/mol. The Balaban J connectivity index is 2.70. The van der Waals surface area contributed by atoms with E-state index in [4.69, 9.17) is 20.1 Å². The van der Waals surface area contributed by atoms with Crippen molar-refractivity contribution in [1.29, 1.82) is 0 Å². The van der Waals surface area contributed by atoms with Gasteiger partial charge in [0.15, 0.2) is 5.75 Å². The van der Waals surface area contributed by atoms with Crippen molar-refractivity contribution in [1.82, 2.24) is 15.2 Å². The van der Waals surface area contributed by atoms with Gasteiger partial charge in [0.2, 0.25) is 0 Å². The minimum absolute atomic E-state index is 0.167. The van der Waals surface area contributed by atoms with Crippen LogP contribution in [0.5, 0.6) is 5.75 Å². The second kappa shape index (κ2) is 8.04. The molecule has 0 saturated heterocycles. The second-order valence-electron chi connectivity index (χ2n) is 3.70.